The molecule has 0 amide bonds. The number of fused-ring (bicyclic) bond motifs is 1. The van der Waals surface area contributed by atoms with E-state index in [1.165, 1.54) is 0 Å². The summed E-state index contributed by atoms with van der Waals surface area (Å²) in [6.07, 6.45) is 0.567. The monoisotopic (exact) mass is 386 g/mol. The second kappa shape index (κ2) is 6.17. The molecule has 1 aliphatic rings. The van der Waals surface area contributed by atoms with Gasteiger partial charge in [0.25, 0.3) is 0 Å². The molecule has 0 bridgehead atoms. The van der Waals surface area contributed by atoms with Crippen LogP contribution in [0.5, 0.6) is 5.75 Å². The predicted octanol–water partition coefficient (Wildman–Crippen LogP) is 4.97. The lowest BCUT2D eigenvalue weighted by molar-refractivity contribution is 0.177. The Kier molecular flexibility index (Phi) is 4.46. The van der Waals surface area contributed by atoms with Crippen LogP contribution in [0.4, 0.5) is 0 Å². The summed E-state index contributed by atoms with van der Waals surface area (Å²) in [5.41, 5.74) is 2.71. The predicted molar refractivity (Wildman–Crippen MR) is 88.5 cm³/mol. The van der Waals surface area contributed by atoms with Crippen LogP contribution in [0.3, 0.4) is 0 Å². The summed E-state index contributed by atoms with van der Waals surface area (Å²) in [5, 5.41) is 11.7. The molecule has 2 aromatic rings. The van der Waals surface area contributed by atoms with Gasteiger partial charge >= 0.3 is 0 Å². The number of rotatable bonds is 3. The molecule has 0 aromatic heterocycles. The maximum Gasteiger partial charge on any atom is 0.126 e. The van der Waals surface area contributed by atoms with Crippen molar-refractivity contribution in [2.24, 2.45) is 0 Å². The zero-order chi connectivity index (χ0) is 15.0. The molecule has 0 fully saturated rings. The van der Waals surface area contributed by atoms with Gasteiger partial charge in [0, 0.05) is 27.9 Å². The summed E-state index contributed by atoms with van der Waals surface area (Å²) < 4.78 is 6.43. The summed E-state index contributed by atoms with van der Waals surface area (Å²) in [6, 6.07) is 9.29. The van der Waals surface area contributed by atoms with Crippen LogP contribution in [-0.2, 0) is 12.8 Å². The third-order valence-electron chi connectivity index (χ3n) is 3.58. The zero-order valence-electron chi connectivity index (χ0n) is 11.1. The molecule has 21 heavy (non-hydrogen) atoms. The fourth-order valence-corrected chi connectivity index (χ4v) is 3.49. The maximum atomic E-state index is 10.5. The van der Waals surface area contributed by atoms with Crippen molar-refractivity contribution in [2.75, 3.05) is 6.61 Å². The van der Waals surface area contributed by atoms with E-state index in [0.717, 1.165) is 27.8 Å². The third-order valence-corrected chi connectivity index (χ3v) is 5.11. The number of hydrogen-bond donors (Lipinski definition) is 1. The van der Waals surface area contributed by atoms with Crippen molar-refractivity contribution in [3.05, 3.63) is 61.5 Å². The molecule has 1 aliphatic heterocycles. The van der Waals surface area contributed by atoms with Gasteiger partial charge in [0.1, 0.15) is 5.75 Å². The summed E-state index contributed by atoms with van der Waals surface area (Å²) in [7, 11) is 0. The maximum absolute atomic E-state index is 10.5. The molecule has 1 N–H and O–H groups in total. The van der Waals surface area contributed by atoms with Crippen LogP contribution in [0.15, 0.2) is 34.8 Å². The highest BCUT2D eigenvalue weighted by Gasteiger charge is 2.21. The van der Waals surface area contributed by atoms with Gasteiger partial charge in [-0.15, -0.1) is 0 Å². The summed E-state index contributed by atoms with van der Waals surface area (Å²) in [6.45, 7) is 0.663. The highest BCUT2D eigenvalue weighted by molar-refractivity contribution is 9.10. The first-order valence-corrected chi connectivity index (χ1v) is 8.17. The highest BCUT2D eigenvalue weighted by Crippen LogP contribution is 2.37. The molecule has 1 unspecified atom stereocenters. The van der Waals surface area contributed by atoms with E-state index in [-0.39, 0.29) is 0 Å². The minimum atomic E-state index is -0.707. The van der Waals surface area contributed by atoms with Crippen molar-refractivity contribution < 1.29 is 9.84 Å². The first-order chi connectivity index (χ1) is 10.1. The van der Waals surface area contributed by atoms with E-state index in [2.05, 4.69) is 15.9 Å². The largest absolute Gasteiger partial charge is 0.493 e. The molecule has 2 nitrogen and oxygen atoms in total. The van der Waals surface area contributed by atoms with E-state index >= 15 is 0 Å². The van der Waals surface area contributed by atoms with Gasteiger partial charge in [-0.2, -0.15) is 0 Å². The molecule has 1 heterocycles. The quantitative estimate of drug-likeness (QED) is 0.805. The Hall–Kier alpha value is -0.740. The SMILES string of the molecule is OC(Cc1cc(Cl)cc2c1OCC2)c1cccc(Br)c1Cl. The Balaban J connectivity index is 1.92. The average Bonchev–Trinajstić information content (AvgIpc) is 2.90. The van der Waals surface area contributed by atoms with Gasteiger partial charge in [-0.1, -0.05) is 35.3 Å². The summed E-state index contributed by atoms with van der Waals surface area (Å²) >= 11 is 15.8. The fourth-order valence-electron chi connectivity index (χ4n) is 2.59. The van der Waals surface area contributed by atoms with Gasteiger partial charge in [-0.05, 0) is 45.3 Å². The fraction of sp³-hybridized carbons (Fsp3) is 0.250. The minimum absolute atomic E-state index is 0.416. The lowest BCUT2D eigenvalue weighted by atomic mass is 9.98. The smallest absolute Gasteiger partial charge is 0.126 e. The topological polar surface area (TPSA) is 29.5 Å². The van der Waals surface area contributed by atoms with Crippen LogP contribution in [0.25, 0.3) is 0 Å². The van der Waals surface area contributed by atoms with Crippen molar-refractivity contribution in [3.63, 3.8) is 0 Å². The van der Waals surface area contributed by atoms with Crippen molar-refractivity contribution in [1.82, 2.24) is 0 Å². The summed E-state index contributed by atoms with van der Waals surface area (Å²) in [4.78, 5) is 0. The van der Waals surface area contributed by atoms with Gasteiger partial charge < -0.3 is 9.84 Å². The van der Waals surface area contributed by atoms with E-state index in [1.54, 1.807) is 0 Å². The standard InChI is InChI=1S/C16H13BrCl2O2/c17-13-3-1-2-12(15(13)19)14(20)8-10-7-11(18)6-9-4-5-21-16(9)10/h1-3,6-7,14,20H,4-5,8H2. The molecule has 0 saturated heterocycles. The molecule has 2 aromatic carbocycles. The van der Waals surface area contributed by atoms with E-state index < -0.39 is 6.10 Å². The minimum Gasteiger partial charge on any atom is -0.493 e. The molecule has 0 radical (unpaired) electrons. The van der Waals surface area contributed by atoms with E-state index in [0.29, 0.717) is 28.6 Å². The number of aliphatic hydroxyl groups is 1. The highest BCUT2D eigenvalue weighted by atomic mass is 79.9. The van der Waals surface area contributed by atoms with Crippen LogP contribution < -0.4 is 4.74 Å². The number of ether oxygens (including phenoxy) is 1. The molecular weight excluding hydrogens is 375 g/mol. The molecule has 0 spiro atoms. The zero-order valence-corrected chi connectivity index (χ0v) is 14.2. The third kappa shape index (κ3) is 3.07. The first kappa shape index (κ1) is 15.2. The lowest BCUT2D eigenvalue weighted by Crippen LogP contribution is -2.04. The molecule has 0 saturated carbocycles. The van der Waals surface area contributed by atoms with Gasteiger partial charge in [0.05, 0.1) is 17.7 Å². The number of benzene rings is 2. The van der Waals surface area contributed by atoms with Gasteiger partial charge in [0.15, 0.2) is 0 Å². The van der Waals surface area contributed by atoms with Crippen LogP contribution in [-0.4, -0.2) is 11.7 Å². The second-order valence-corrected chi connectivity index (χ2v) is 6.68. The Morgan fingerprint density at radius 1 is 1.29 bits per heavy atom. The van der Waals surface area contributed by atoms with E-state index in [1.807, 2.05) is 30.3 Å². The van der Waals surface area contributed by atoms with E-state index in [9.17, 15) is 5.11 Å². The van der Waals surface area contributed by atoms with Crippen LogP contribution >= 0.6 is 39.1 Å². The van der Waals surface area contributed by atoms with Crippen molar-refractivity contribution in [1.29, 1.82) is 0 Å². The van der Waals surface area contributed by atoms with Gasteiger partial charge in [-0.3, -0.25) is 0 Å². The molecule has 110 valence electrons. The normalized spacial score (nSPS) is 14.7. The number of hydrogen-bond acceptors (Lipinski definition) is 2. The molecule has 3 rings (SSSR count). The summed E-state index contributed by atoms with van der Waals surface area (Å²) in [5.74, 6) is 0.851. The average molecular weight is 388 g/mol. The van der Waals surface area contributed by atoms with Crippen molar-refractivity contribution in [3.8, 4) is 5.75 Å². The Bertz CT molecular complexity index is 688. The second-order valence-electron chi connectivity index (χ2n) is 5.01. The lowest BCUT2D eigenvalue weighted by Gasteiger charge is -2.16. The number of halogens is 3. The van der Waals surface area contributed by atoms with Crippen LogP contribution in [0.2, 0.25) is 10.0 Å². The Morgan fingerprint density at radius 3 is 2.90 bits per heavy atom. The van der Waals surface area contributed by atoms with Gasteiger partial charge in [0.2, 0.25) is 0 Å². The molecule has 5 heteroatoms. The molecule has 0 aliphatic carbocycles. The first-order valence-electron chi connectivity index (χ1n) is 6.62. The Morgan fingerprint density at radius 2 is 2.10 bits per heavy atom. The molecular formula is C16H13BrCl2O2. The van der Waals surface area contributed by atoms with Gasteiger partial charge in [-0.25, -0.2) is 0 Å². The number of aliphatic hydroxyl groups excluding tert-OH is 1. The van der Waals surface area contributed by atoms with Crippen molar-refractivity contribution in [2.45, 2.75) is 18.9 Å². The van der Waals surface area contributed by atoms with Crippen LogP contribution in [0.1, 0.15) is 22.8 Å². The molecule has 1 atom stereocenters. The van der Waals surface area contributed by atoms with E-state index in [4.69, 9.17) is 27.9 Å². The Labute approximate surface area is 141 Å². The van der Waals surface area contributed by atoms with Crippen LogP contribution in [0, 0.1) is 0 Å². The van der Waals surface area contributed by atoms with Crippen molar-refractivity contribution >= 4 is 39.1 Å².